The molecule has 6 heteroatoms. The maximum absolute atomic E-state index is 13.0. The number of nitrogens with zero attached hydrogens (tertiary/aromatic N) is 2. The van der Waals surface area contributed by atoms with Crippen molar-refractivity contribution in [3.63, 3.8) is 0 Å². The monoisotopic (exact) mass is 375 g/mol. The van der Waals surface area contributed by atoms with Gasteiger partial charge in [-0.05, 0) is 43.4 Å². The van der Waals surface area contributed by atoms with Crippen molar-refractivity contribution in [1.29, 1.82) is 0 Å². The van der Waals surface area contributed by atoms with E-state index >= 15 is 0 Å². The molecule has 26 heavy (non-hydrogen) atoms. The molecule has 0 bridgehead atoms. The van der Waals surface area contributed by atoms with Crippen molar-refractivity contribution in [3.8, 4) is 0 Å². The van der Waals surface area contributed by atoms with Crippen LogP contribution in [0.4, 0.5) is 4.39 Å². The number of hydrogen-bond donors (Lipinski definition) is 1. The van der Waals surface area contributed by atoms with Gasteiger partial charge in [-0.15, -0.1) is 11.3 Å². The van der Waals surface area contributed by atoms with E-state index in [9.17, 15) is 9.18 Å². The minimum absolute atomic E-state index is 0.0463. The SMILES string of the molecule is Cc1nc(C(=O)NC2CCN(Cc3ccc(F)cc3)CC2)c(C(C)C)s1. The first-order valence-corrected chi connectivity index (χ1v) is 9.99. The fourth-order valence-corrected chi connectivity index (χ4v) is 4.26. The standard InChI is InChI=1S/C20H26FN3OS/c1-13(2)19-18(22-14(3)26-19)20(25)23-17-8-10-24(11-9-17)12-15-4-6-16(21)7-5-15/h4-7,13,17H,8-12H2,1-3H3,(H,23,25). The summed E-state index contributed by atoms with van der Waals surface area (Å²) in [5.74, 6) is 0.0581. The highest BCUT2D eigenvalue weighted by molar-refractivity contribution is 7.12. The molecule has 140 valence electrons. The van der Waals surface area contributed by atoms with E-state index < -0.39 is 0 Å². The van der Waals surface area contributed by atoms with Gasteiger partial charge in [0.15, 0.2) is 0 Å². The molecule has 0 spiro atoms. The Morgan fingerprint density at radius 1 is 1.31 bits per heavy atom. The number of nitrogens with one attached hydrogen (secondary N) is 1. The fourth-order valence-electron chi connectivity index (χ4n) is 3.33. The Balaban J connectivity index is 1.52. The highest BCUT2D eigenvalue weighted by Gasteiger charge is 2.24. The number of halogens is 1. The predicted molar refractivity (Wildman–Crippen MR) is 103 cm³/mol. The fraction of sp³-hybridized carbons (Fsp3) is 0.500. The number of likely N-dealkylation sites (tertiary alicyclic amines) is 1. The molecular formula is C20H26FN3OS. The Hall–Kier alpha value is -1.79. The largest absolute Gasteiger partial charge is 0.348 e. The summed E-state index contributed by atoms with van der Waals surface area (Å²) in [7, 11) is 0. The van der Waals surface area contributed by atoms with Gasteiger partial charge in [0.25, 0.3) is 5.91 Å². The molecule has 1 aromatic heterocycles. The Morgan fingerprint density at radius 2 is 1.96 bits per heavy atom. The van der Waals surface area contributed by atoms with Gasteiger partial charge in [0.1, 0.15) is 11.5 Å². The van der Waals surface area contributed by atoms with Crippen LogP contribution in [0.2, 0.25) is 0 Å². The van der Waals surface area contributed by atoms with Crippen molar-refractivity contribution in [1.82, 2.24) is 15.2 Å². The van der Waals surface area contributed by atoms with Gasteiger partial charge in [-0.1, -0.05) is 26.0 Å². The molecule has 1 aliphatic rings. The van der Waals surface area contributed by atoms with E-state index in [2.05, 4.69) is 29.0 Å². The van der Waals surface area contributed by atoms with Gasteiger partial charge < -0.3 is 5.32 Å². The quantitative estimate of drug-likeness (QED) is 0.855. The zero-order valence-corrected chi connectivity index (χ0v) is 16.4. The van der Waals surface area contributed by atoms with E-state index in [4.69, 9.17) is 0 Å². The van der Waals surface area contributed by atoms with Crippen molar-refractivity contribution in [2.24, 2.45) is 0 Å². The molecule has 0 radical (unpaired) electrons. The Kier molecular flexibility index (Phi) is 6.04. The van der Waals surface area contributed by atoms with Crippen LogP contribution in [-0.4, -0.2) is 34.9 Å². The Morgan fingerprint density at radius 3 is 2.58 bits per heavy atom. The molecule has 0 unspecified atom stereocenters. The number of rotatable bonds is 5. The zero-order valence-electron chi connectivity index (χ0n) is 15.6. The molecule has 3 rings (SSSR count). The second-order valence-corrected chi connectivity index (χ2v) is 8.49. The molecule has 1 amide bonds. The van der Waals surface area contributed by atoms with Crippen molar-refractivity contribution in [3.05, 3.63) is 51.2 Å². The van der Waals surface area contributed by atoms with Gasteiger partial charge in [0.05, 0.1) is 5.01 Å². The summed E-state index contributed by atoms with van der Waals surface area (Å²) < 4.78 is 13.0. The zero-order chi connectivity index (χ0) is 18.7. The van der Waals surface area contributed by atoms with Crippen molar-refractivity contribution in [2.75, 3.05) is 13.1 Å². The van der Waals surface area contributed by atoms with Crippen molar-refractivity contribution < 1.29 is 9.18 Å². The first-order valence-electron chi connectivity index (χ1n) is 9.17. The van der Waals surface area contributed by atoms with Crippen molar-refractivity contribution >= 4 is 17.2 Å². The van der Waals surface area contributed by atoms with Crippen LogP contribution in [0, 0.1) is 12.7 Å². The van der Waals surface area contributed by atoms with Gasteiger partial charge in [0.2, 0.25) is 0 Å². The summed E-state index contributed by atoms with van der Waals surface area (Å²) in [4.78, 5) is 20.5. The van der Waals surface area contributed by atoms with Gasteiger partial charge in [-0.25, -0.2) is 9.37 Å². The molecule has 1 saturated heterocycles. The van der Waals surface area contributed by atoms with Gasteiger partial charge in [-0.2, -0.15) is 0 Å². The maximum Gasteiger partial charge on any atom is 0.271 e. The van der Waals surface area contributed by atoms with Crippen LogP contribution >= 0.6 is 11.3 Å². The molecule has 2 aromatic rings. The minimum Gasteiger partial charge on any atom is -0.348 e. The summed E-state index contributed by atoms with van der Waals surface area (Å²) in [6, 6.07) is 6.87. The minimum atomic E-state index is -0.201. The van der Waals surface area contributed by atoms with Crippen LogP contribution in [0.15, 0.2) is 24.3 Å². The first-order chi connectivity index (χ1) is 12.4. The lowest BCUT2D eigenvalue weighted by atomic mass is 10.0. The maximum atomic E-state index is 13.0. The lowest BCUT2D eigenvalue weighted by Gasteiger charge is -2.32. The van der Waals surface area contributed by atoms with Crippen LogP contribution in [0.5, 0.6) is 0 Å². The van der Waals surface area contributed by atoms with E-state index in [1.54, 1.807) is 11.3 Å². The van der Waals surface area contributed by atoms with Crippen LogP contribution in [0.3, 0.4) is 0 Å². The van der Waals surface area contributed by atoms with E-state index in [-0.39, 0.29) is 17.8 Å². The molecule has 1 aliphatic heterocycles. The first kappa shape index (κ1) is 19.0. The number of aryl methyl sites for hydroxylation is 1. The van der Waals surface area contributed by atoms with E-state index in [0.717, 1.165) is 47.9 Å². The Bertz CT molecular complexity index is 749. The average molecular weight is 376 g/mol. The molecule has 4 nitrogen and oxygen atoms in total. The summed E-state index contributed by atoms with van der Waals surface area (Å²) in [6.07, 6.45) is 1.85. The van der Waals surface area contributed by atoms with E-state index in [1.165, 1.54) is 12.1 Å². The third-order valence-corrected chi connectivity index (χ3v) is 6.01. The van der Waals surface area contributed by atoms with Gasteiger partial charge in [-0.3, -0.25) is 9.69 Å². The number of aromatic nitrogens is 1. The topological polar surface area (TPSA) is 45.2 Å². The highest BCUT2D eigenvalue weighted by atomic mass is 32.1. The number of carbonyl (C=O) groups is 1. The molecule has 2 heterocycles. The van der Waals surface area contributed by atoms with Crippen LogP contribution in [-0.2, 0) is 6.54 Å². The average Bonchev–Trinajstić information content (AvgIpc) is 3.01. The number of piperidine rings is 1. The Labute approximate surface area is 158 Å². The second-order valence-electron chi connectivity index (χ2n) is 7.25. The molecule has 1 fully saturated rings. The normalized spacial score (nSPS) is 16.2. The van der Waals surface area contributed by atoms with Crippen LogP contribution in [0.1, 0.15) is 58.5 Å². The molecule has 1 N–H and O–H groups in total. The molecular weight excluding hydrogens is 349 g/mol. The summed E-state index contributed by atoms with van der Waals surface area (Å²) in [6.45, 7) is 8.81. The molecule has 1 aromatic carbocycles. The van der Waals surface area contributed by atoms with E-state index in [1.807, 2.05) is 19.1 Å². The third-order valence-electron chi connectivity index (χ3n) is 4.74. The third kappa shape index (κ3) is 4.68. The second kappa shape index (κ2) is 8.27. The van der Waals surface area contributed by atoms with Gasteiger partial charge in [0, 0.05) is 30.6 Å². The summed E-state index contributed by atoms with van der Waals surface area (Å²) >= 11 is 1.61. The van der Waals surface area contributed by atoms with Crippen LogP contribution < -0.4 is 5.32 Å². The molecule has 0 atom stereocenters. The number of hydrogen-bond acceptors (Lipinski definition) is 4. The van der Waals surface area contributed by atoms with Crippen molar-refractivity contribution in [2.45, 2.75) is 52.1 Å². The lowest BCUT2D eigenvalue weighted by molar-refractivity contribution is 0.0903. The van der Waals surface area contributed by atoms with E-state index in [0.29, 0.717) is 11.6 Å². The molecule has 0 aliphatic carbocycles. The number of amides is 1. The lowest BCUT2D eigenvalue weighted by Crippen LogP contribution is -2.44. The summed E-state index contributed by atoms with van der Waals surface area (Å²) in [5.41, 5.74) is 1.71. The highest BCUT2D eigenvalue weighted by Crippen LogP contribution is 2.26. The number of thiazole rings is 1. The summed E-state index contributed by atoms with van der Waals surface area (Å²) in [5, 5.41) is 4.10. The number of carbonyl (C=O) groups excluding carboxylic acids is 1. The molecule has 0 saturated carbocycles. The smallest absolute Gasteiger partial charge is 0.271 e. The van der Waals surface area contributed by atoms with Gasteiger partial charge >= 0.3 is 0 Å². The predicted octanol–water partition coefficient (Wildman–Crippen LogP) is 4.11. The number of benzene rings is 1. The van der Waals surface area contributed by atoms with Crippen LogP contribution in [0.25, 0.3) is 0 Å².